The van der Waals surface area contributed by atoms with Gasteiger partial charge in [-0.3, -0.25) is 4.79 Å². The normalized spacial score (nSPS) is 11.5. The van der Waals surface area contributed by atoms with Crippen LogP contribution in [0.5, 0.6) is 0 Å². The predicted octanol–water partition coefficient (Wildman–Crippen LogP) is 1.17. The summed E-state index contributed by atoms with van der Waals surface area (Å²) in [5.74, 6) is -0.546. The van der Waals surface area contributed by atoms with Crippen molar-refractivity contribution in [3.63, 3.8) is 0 Å². The molecule has 0 aliphatic rings. The Morgan fingerprint density at radius 1 is 1.36 bits per heavy atom. The number of hydrogen-bond acceptors (Lipinski definition) is 2. The van der Waals surface area contributed by atoms with Crippen molar-refractivity contribution < 1.29 is 23.1 Å². The zero-order valence-electron chi connectivity index (χ0n) is 7.97. The number of aliphatic hydroxyl groups excluding tert-OH is 1. The van der Waals surface area contributed by atoms with E-state index in [4.69, 9.17) is 5.11 Å². The Labute approximate surface area is 80.5 Å². The second-order valence-corrected chi connectivity index (χ2v) is 3.05. The lowest BCUT2D eigenvalue weighted by Crippen LogP contribution is -2.35. The van der Waals surface area contributed by atoms with E-state index in [1.54, 1.807) is 0 Å². The van der Waals surface area contributed by atoms with Gasteiger partial charge in [0.2, 0.25) is 5.91 Å². The molecule has 84 valence electrons. The molecule has 1 amide bonds. The van der Waals surface area contributed by atoms with E-state index >= 15 is 0 Å². The standard InChI is InChI=1S/C8H14F3NO2/c1-12(6-8(9,10)11)7(14)4-2-3-5-13/h13H,2-6H2,1H3. The summed E-state index contributed by atoms with van der Waals surface area (Å²) in [7, 11) is 1.12. The Morgan fingerprint density at radius 3 is 2.36 bits per heavy atom. The van der Waals surface area contributed by atoms with Crippen molar-refractivity contribution in [3.8, 4) is 0 Å². The number of carbonyl (C=O) groups excluding carboxylic acids is 1. The molecular formula is C8H14F3NO2. The van der Waals surface area contributed by atoms with Crippen molar-refractivity contribution in [1.82, 2.24) is 4.90 Å². The van der Waals surface area contributed by atoms with E-state index in [9.17, 15) is 18.0 Å². The molecule has 0 saturated heterocycles. The maximum absolute atomic E-state index is 11.8. The van der Waals surface area contributed by atoms with Crippen LogP contribution in [0.3, 0.4) is 0 Å². The zero-order valence-corrected chi connectivity index (χ0v) is 7.97. The first kappa shape index (κ1) is 13.2. The SMILES string of the molecule is CN(CC(F)(F)F)C(=O)CCCCO. The first-order valence-electron chi connectivity index (χ1n) is 4.28. The third-order valence-corrected chi connectivity index (χ3v) is 1.64. The van der Waals surface area contributed by atoms with Gasteiger partial charge in [0.1, 0.15) is 6.54 Å². The van der Waals surface area contributed by atoms with Crippen molar-refractivity contribution >= 4 is 5.91 Å². The molecule has 0 bridgehead atoms. The van der Waals surface area contributed by atoms with E-state index < -0.39 is 18.6 Å². The average molecular weight is 213 g/mol. The number of rotatable bonds is 5. The zero-order chi connectivity index (χ0) is 11.2. The molecule has 0 rings (SSSR count). The van der Waals surface area contributed by atoms with Gasteiger partial charge in [0.05, 0.1) is 0 Å². The number of hydrogen-bond donors (Lipinski definition) is 1. The van der Waals surface area contributed by atoms with E-state index in [0.29, 0.717) is 17.7 Å². The molecule has 14 heavy (non-hydrogen) atoms. The minimum atomic E-state index is -4.35. The molecule has 0 unspecified atom stereocenters. The Hall–Kier alpha value is -0.780. The highest BCUT2D eigenvalue weighted by Gasteiger charge is 2.30. The largest absolute Gasteiger partial charge is 0.406 e. The van der Waals surface area contributed by atoms with Gasteiger partial charge in [-0.25, -0.2) is 0 Å². The second kappa shape index (κ2) is 5.85. The Morgan fingerprint density at radius 2 is 1.93 bits per heavy atom. The molecule has 0 spiro atoms. The van der Waals surface area contributed by atoms with Crippen LogP contribution in [0.15, 0.2) is 0 Å². The van der Waals surface area contributed by atoms with Crippen molar-refractivity contribution in [3.05, 3.63) is 0 Å². The summed E-state index contributed by atoms with van der Waals surface area (Å²) in [5, 5.41) is 8.40. The van der Waals surface area contributed by atoms with E-state index in [-0.39, 0.29) is 13.0 Å². The van der Waals surface area contributed by atoms with Crippen LogP contribution in [0.4, 0.5) is 13.2 Å². The molecule has 0 atom stereocenters. The first-order chi connectivity index (χ1) is 6.37. The number of nitrogens with zero attached hydrogens (tertiary/aromatic N) is 1. The van der Waals surface area contributed by atoms with Crippen molar-refractivity contribution in [2.45, 2.75) is 25.4 Å². The van der Waals surface area contributed by atoms with E-state index in [0.717, 1.165) is 7.05 Å². The number of aliphatic hydroxyl groups is 1. The van der Waals surface area contributed by atoms with E-state index in [1.165, 1.54) is 0 Å². The Balaban J connectivity index is 3.77. The molecule has 0 fully saturated rings. The van der Waals surface area contributed by atoms with Crippen molar-refractivity contribution in [2.75, 3.05) is 20.2 Å². The van der Waals surface area contributed by atoms with Crippen LogP contribution in [0.2, 0.25) is 0 Å². The maximum atomic E-state index is 11.8. The highest BCUT2D eigenvalue weighted by atomic mass is 19.4. The molecular weight excluding hydrogens is 199 g/mol. The predicted molar refractivity (Wildman–Crippen MR) is 44.6 cm³/mol. The Bertz CT molecular complexity index is 182. The summed E-state index contributed by atoms with van der Waals surface area (Å²) in [6.45, 7) is -1.26. The number of halogens is 3. The molecule has 1 N–H and O–H groups in total. The molecule has 0 aromatic carbocycles. The van der Waals surface area contributed by atoms with Gasteiger partial charge >= 0.3 is 6.18 Å². The minimum absolute atomic E-state index is 0.0454. The summed E-state index contributed by atoms with van der Waals surface area (Å²) >= 11 is 0. The fraction of sp³-hybridized carbons (Fsp3) is 0.875. The Kier molecular flexibility index (Phi) is 5.52. The molecule has 3 nitrogen and oxygen atoms in total. The molecule has 0 aromatic rings. The number of amides is 1. The van der Waals surface area contributed by atoms with Crippen LogP contribution in [-0.2, 0) is 4.79 Å². The topological polar surface area (TPSA) is 40.5 Å². The van der Waals surface area contributed by atoms with Gasteiger partial charge in [-0.1, -0.05) is 0 Å². The molecule has 0 aromatic heterocycles. The summed E-state index contributed by atoms with van der Waals surface area (Å²) in [6.07, 6.45) is -3.45. The van der Waals surface area contributed by atoms with E-state index in [1.807, 2.05) is 0 Å². The maximum Gasteiger partial charge on any atom is 0.406 e. The van der Waals surface area contributed by atoms with E-state index in [2.05, 4.69) is 0 Å². The molecule has 0 saturated carbocycles. The third kappa shape index (κ3) is 6.71. The summed E-state index contributed by atoms with van der Waals surface area (Å²) in [6, 6.07) is 0. The van der Waals surface area contributed by atoms with Gasteiger partial charge in [0.15, 0.2) is 0 Å². The summed E-state index contributed by atoms with van der Waals surface area (Å²) in [4.78, 5) is 11.7. The van der Waals surface area contributed by atoms with Gasteiger partial charge in [0.25, 0.3) is 0 Å². The lowest BCUT2D eigenvalue weighted by atomic mass is 10.2. The minimum Gasteiger partial charge on any atom is -0.396 e. The lowest BCUT2D eigenvalue weighted by molar-refractivity contribution is -0.158. The summed E-state index contributed by atoms with van der Waals surface area (Å²) < 4.78 is 35.5. The second-order valence-electron chi connectivity index (χ2n) is 3.05. The number of alkyl halides is 3. The quantitative estimate of drug-likeness (QED) is 0.696. The molecule has 0 radical (unpaired) electrons. The highest BCUT2D eigenvalue weighted by molar-refractivity contribution is 5.75. The number of carbonyl (C=O) groups is 1. The van der Waals surface area contributed by atoms with Crippen LogP contribution in [0.1, 0.15) is 19.3 Å². The van der Waals surface area contributed by atoms with Crippen molar-refractivity contribution in [2.24, 2.45) is 0 Å². The highest BCUT2D eigenvalue weighted by Crippen LogP contribution is 2.16. The van der Waals surface area contributed by atoms with Crippen molar-refractivity contribution in [1.29, 1.82) is 0 Å². The third-order valence-electron chi connectivity index (χ3n) is 1.64. The first-order valence-corrected chi connectivity index (χ1v) is 4.28. The molecule has 0 aliphatic heterocycles. The van der Waals surface area contributed by atoms with Gasteiger partial charge in [-0.15, -0.1) is 0 Å². The monoisotopic (exact) mass is 213 g/mol. The van der Waals surface area contributed by atoms with Gasteiger partial charge in [0, 0.05) is 20.1 Å². The fourth-order valence-corrected chi connectivity index (χ4v) is 0.936. The van der Waals surface area contributed by atoms with Crippen LogP contribution in [0.25, 0.3) is 0 Å². The van der Waals surface area contributed by atoms with Gasteiger partial charge in [-0.05, 0) is 12.8 Å². The van der Waals surface area contributed by atoms with Crippen LogP contribution >= 0.6 is 0 Å². The lowest BCUT2D eigenvalue weighted by Gasteiger charge is -2.18. The van der Waals surface area contributed by atoms with Crippen LogP contribution in [0, 0.1) is 0 Å². The molecule has 0 heterocycles. The average Bonchev–Trinajstić information content (AvgIpc) is 2.01. The fourth-order valence-electron chi connectivity index (χ4n) is 0.936. The number of unbranched alkanes of at least 4 members (excludes halogenated alkanes) is 1. The smallest absolute Gasteiger partial charge is 0.396 e. The van der Waals surface area contributed by atoms with Gasteiger partial charge < -0.3 is 10.0 Å². The van der Waals surface area contributed by atoms with Crippen LogP contribution < -0.4 is 0 Å². The van der Waals surface area contributed by atoms with Crippen LogP contribution in [-0.4, -0.2) is 42.3 Å². The molecule has 0 aliphatic carbocycles. The summed E-state index contributed by atoms with van der Waals surface area (Å²) in [5.41, 5.74) is 0. The molecule has 6 heteroatoms. The van der Waals surface area contributed by atoms with Gasteiger partial charge in [-0.2, -0.15) is 13.2 Å².